The molecule has 0 spiro atoms. The normalized spacial score (nSPS) is 15.1. The summed E-state index contributed by atoms with van der Waals surface area (Å²) < 4.78 is 69.1. The summed E-state index contributed by atoms with van der Waals surface area (Å²) in [7, 11) is -1.66. The quantitative estimate of drug-likeness (QED) is 0.292. The topological polar surface area (TPSA) is 54.0 Å². The second-order valence-electron chi connectivity index (χ2n) is 7.97. The second kappa shape index (κ2) is 9.52. The Morgan fingerprint density at radius 2 is 1.89 bits per heavy atom. The molecule has 1 aliphatic heterocycles. The molecule has 0 amide bonds. The van der Waals surface area contributed by atoms with Crippen LogP contribution in [0.5, 0.6) is 0 Å². The number of thiazole rings is 1. The van der Waals surface area contributed by atoms with Gasteiger partial charge in [-0.3, -0.25) is 4.72 Å². The molecule has 5 rings (SSSR count). The zero-order valence-electron chi connectivity index (χ0n) is 18.2. The fraction of sp³-hybridized carbons (Fsp3) is 0.160. The number of nitrogens with zero attached hydrogens (tertiary/aromatic N) is 1. The Kier molecular flexibility index (Phi) is 6.43. The van der Waals surface area contributed by atoms with Gasteiger partial charge in [-0.15, -0.1) is 0 Å². The number of aromatic nitrogens is 1. The summed E-state index contributed by atoms with van der Waals surface area (Å²) in [5, 5.41) is 4.53. The Bertz CT molecular complexity index is 1460. The molecule has 0 aliphatic carbocycles. The van der Waals surface area contributed by atoms with Gasteiger partial charge in [0.25, 0.3) is 0 Å². The van der Waals surface area contributed by atoms with E-state index in [-0.39, 0.29) is 5.13 Å². The Morgan fingerprint density at radius 1 is 1.03 bits per heavy atom. The Labute approximate surface area is 205 Å². The van der Waals surface area contributed by atoms with E-state index in [1.165, 1.54) is 12.1 Å². The van der Waals surface area contributed by atoms with Crippen LogP contribution < -0.4 is 10.0 Å². The molecule has 180 valence electrons. The molecule has 0 radical (unpaired) electrons. The predicted molar refractivity (Wildman–Crippen MR) is 132 cm³/mol. The van der Waals surface area contributed by atoms with Crippen molar-refractivity contribution in [2.75, 3.05) is 17.8 Å². The number of nitrogens with one attached hydrogen (secondary N) is 2. The van der Waals surface area contributed by atoms with E-state index in [1.807, 2.05) is 24.3 Å². The van der Waals surface area contributed by atoms with E-state index >= 15 is 0 Å². The van der Waals surface area contributed by atoms with Gasteiger partial charge in [-0.1, -0.05) is 47.7 Å². The molecule has 0 bridgehead atoms. The average molecular weight is 518 g/mol. The number of hydrogen-bond donors (Lipinski definition) is 2. The molecule has 1 unspecified atom stereocenters. The predicted octanol–water partition coefficient (Wildman–Crippen LogP) is 6.63. The molecule has 2 N–H and O–H groups in total. The lowest BCUT2D eigenvalue weighted by Crippen LogP contribution is -2.20. The van der Waals surface area contributed by atoms with Crippen LogP contribution in [-0.2, 0) is 17.2 Å². The summed E-state index contributed by atoms with van der Waals surface area (Å²) in [6.45, 7) is 1.30. The van der Waals surface area contributed by atoms with E-state index < -0.39 is 27.9 Å². The molecule has 35 heavy (non-hydrogen) atoms. The first kappa shape index (κ1) is 23.7. The monoisotopic (exact) mass is 517 g/mol. The fourth-order valence-corrected chi connectivity index (χ4v) is 5.68. The molecule has 0 fully saturated rings. The number of rotatable bonds is 5. The van der Waals surface area contributed by atoms with Crippen molar-refractivity contribution >= 4 is 43.8 Å². The Balaban J connectivity index is 1.58. The van der Waals surface area contributed by atoms with Gasteiger partial charge in [0.15, 0.2) is 21.2 Å². The minimum absolute atomic E-state index is 0.208. The van der Waals surface area contributed by atoms with Gasteiger partial charge < -0.3 is 5.32 Å². The highest BCUT2D eigenvalue weighted by molar-refractivity contribution is 7.86. The van der Waals surface area contributed by atoms with E-state index in [0.717, 1.165) is 45.5 Å². The summed E-state index contributed by atoms with van der Waals surface area (Å²) in [6, 6.07) is 14.7. The number of benzene rings is 3. The Morgan fingerprint density at radius 3 is 2.60 bits per heavy atom. The molecule has 10 heteroatoms. The first-order valence-corrected chi connectivity index (χ1v) is 12.7. The van der Waals surface area contributed by atoms with Crippen LogP contribution in [0.25, 0.3) is 27.5 Å². The van der Waals surface area contributed by atoms with Gasteiger partial charge in [0.2, 0.25) is 0 Å². The van der Waals surface area contributed by atoms with Crippen molar-refractivity contribution in [3.8, 4) is 11.1 Å². The number of hydrogen-bond acceptors (Lipinski definition) is 4. The lowest BCUT2D eigenvalue weighted by atomic mass is 9.88. The molecule has 2 heterocycles. The molecule has 1 aliphatic rings. The van der Waals surface area contributed by atoms with Crippen LogP contribution in [0.1, 0.15) is 17.5 Å². The molecular weight excluding hydrogens is 498 g/mol. The molecule has 1 atom stereocenters. The smallest absolute Gasteiger partial charge is 0.313 e. The number of anilines is 1. The van der Waals surface area contributed by atoms with Crippen molar-refractivity contribution in [3.63, 3.8) is 0 Å². The van der Waals surface area contributed by atoms with Gasteiger partial charge in [0.05, 0.1) is 16.7 Å². The van der Waals surface area contributed by atoms with Crippen molar-refractivity contribution < 1.29 is 21.8 Å². The first-order valence-electron chi connectivity index (χ1n) is 10.7. The lowest BCUT2D eigenvalue weighted by molar-refractivity contribution is -0.137. The average Bonchev–Trinajstić information content (AvgIpc) is 3.27. The molecule has 0 saturated carbocycles. The van der Waals surface area contributed by atoms with E-state index in [0.29, 0.717) is 35.5 Å². The summed E-state index contributed by atoms with van der Waals surface area (Å²) >= 11 is 0.760. The molecular formula is C25H19F4N3OS2. The summed E-state index contributed by atoms with van der Waals surface area (Å²) in [5.74, 6) is 0. The molecule has 1 aromatic heterocycles. The lowest BCUT2D eigenvalue weighted by Gasteiger charge is -2.20. The highest BCUT2D eigenvalue weighted by Gasteiger charge is 2.31. The van der Waals surface area contributed by atoms with Crippen LogP contribution in [0.4, 0.5) is 22.7 Å². The van der Waals surface area contributed by atoms with Crippen molar-refractivity contribution in [3.05, 3.63) is 83.1 Å². The van der Waals surface area contributed by atoms with E-state index in [2.05, 4.69) is 15.0 Å². The first-order chi connectivity index (χ1) is 16.8. The van der Waals surface area contributed by atoms with Gasteiger partial charge in [-0.2, -0.15) is 17.6 Å². The molecule has 4 nitrogen and oxygen atoms in total. The van der Waals surface area contributed by atoms with Gasteiger partial charge in [0.1, 0.15) is 0 Å². The third-order valence-electron chi connectivity index (χ3n) is 5.77. The van der Waals surface area contributed by atoms with Crippen LogP contribution in [0.15, 0.2) is 71.8 Å². The van der Waals surface area contributed by atoms with Gasteiger partial charge >= 0.3 is 6.18 Å². The second-order valence-corrected chi connectivity index (χ2v) is 10.2. The largest absolute Gasteiger partial charge is 0.416 e. The van der Waals surface area contributed by atoms with Gasteiger partial charge in [-0.25, -0.2) is 9.19 Å². The number of halogens is 4. The zero-order chi connectivity index (χ0) is 24.6. The third-order valence-corrected chi connectivity index (χ3v) is 7.66. The number of fused-ring (bicyclic) bond motifs is 1. The zero-order valence-corrected chi connectivity index (χ0v) is 19.8. The van der Waals surface area contributed by atoms with Crippen LogP contribution in [-0.4, -0.2) is 22.3 Å². The maximum Gasteiger partial charge on any atom is 0.416 e. The summed E-state index contributed by atoms with van der Waals surface area (Å²) in [4.78, 5) is 4.30. The number of alkyl halides is 3. The van der Waals surface area contributed by atoms with Crippen molar-refractivity contribution in [1.82, 2.24) is 10.3 Å². The fourth-order valence-electron chi connectivity index (χ4n) is 4.14. The maximum absolute atomic E-state index is 13.5. The van der Waals surface area contributed by atoms with E-state index in [4.69, 9.17) is 0 Å². The Hall–Kier alpha value is -3.08. The minimum Gasteiger partial charge on any atom is -0.313 e. The highest BCUT2D eigenvalue weighted by atomic mass is 32.2. The van der Waals surface area contributed by atoms with Crippen molar-refractivity contribution in [2.24, 2.45) is 0 Å². The van der Waals surface area contributed by atoms with E-state index in [9.17, 15) is 21.8 Å². The van der Waals surface area contributed by atoms with Crippen molar-refractivity contribution in [1.29, 1.82) is 0 Å². The van der Waals surface area contributed by atoms with Gasteiger partial charge in [-0.05, 0) is 70.3 Å². The standard InChI is InChI=1S/C25H19F4N3OS2/c26-23-14-31-24(34-23)32-35(33)18-5-7-19-16(12-18)2-1-3-20(19)21-6-4-17(25(27,28)29)13-22(21)15-8-10-30-11-9-15/h1-8,12-14,30H,9-11H2,(H,31,32). The maximum atomic E-state index is 13.5. The third kappa shape index (κ3) is 5.00. The molecule has 4 aromatic rings. The molecule has 0 saturated heterocycles. The van der Waals surface area contributed by atoms with E-state index in [1.54, 1.807) is 18.2 Å². The van der Waals surface area contributed by atoms with Crippen molar-refractivity contribution in [2.45, 2.75) is 17.5 Å². The van der Waals surface area contributed by atoms with Crippen LogP contribution in [0, 0.1) is 5.13 Å². The van der Waals surface area contributed by atoms with Crippen LogP contribution >= 0.6 is 11.3 Å². The van der Waals surface area contributed by atoms with Crippen LogP contribution in [0.2, 0.25) is 0 Å². The highest BCUT2D eigenvalue weighted by Crippen LogP contribution is 2.39. The summed E-state index contributed by atoms with van der Waals surface area (Å²) in [6.07, 6.45) is -0.824. The van der Waals surface area contributed by atoms with Gasteiger partial charge in [0, 0.05) is 6.54 Å². The molecule has 3 aromatic carbocycles. The minimum atomic E-state index is -4.44. The van der Waals surface area contributed by atoms with Crippen LogP contribution in [0.3, 0.4) is 0 Å². The SMILES string of the molecule is O=S(Nc1ncc(F)s1)c1ccc2c(-c3ccc(C(F)(F)F)cc3C3=CCNCC3)cccc2c1. The summed E-state index contributed by atoms with van der Waals surface area (Å²) in [5.41, 5.74) is 2.26.